The van der Waals surface area contributed by atoms with Gasteiger partial charge in [-0.05, 0) is 0 Å². The second kappa shape index (κ2) is 5.31. The van der Waals surface area contributed by atoms with E-state index >= 15 is 0 Å². The molecular weight excluding hydrogens is 381 g/mol. The van der Waals surface area contributed by atoms with Crippen LogP contribution in [0.1, 0.15) is 0 Å². The van der Waals surface area contributed by atoms with E-state index in [2.05, 4.69) is 0 Å². The molecule has 0 saturated heterocycles. The fourth-order valence-electron chi connectivity index (χ4n) is 0.700. The lowest BCUT2D eigenvalue weighted by atomic mass is 10.3. The molecule has 0 atom stereocenters. The van der Waals surface area contributed by atoms with E-state index in [0.29, 0.717) is 0 Å². The van der Waals surface area contributed by atoms with Gasteiger partial charge in [0.05, 0.1) is 0 Å². The van der Waals surface area contributed by atoms with Gasteiger partial charge in [0.2, 0.25) is 0 Å². The van der Waals surface area contributed by atoms with E-state index in [1.807, 2.05) is 0 Å². The number of halogens is 11. The van der Waals surface area contributed by atoms with Crippen molar-refractivity contribution in [2.24, 2.45) is 0 Å². The van der Waals surface area contributed by atoms with Crippen molar-refractivity contribution in [3.8, 4) is 0 Å². The maximum Gasteiger partial charge on any atom is 0.529 e. The van der Waals surface area contributed by atoms with Gasteiger partial charge in [0.25, 0.3) is 0 Å². The summed E-state index contributed by atoms with van der Waals surface area (Å²) in [6, 6.07) is 0. The third-order valence-corrected chi connectivity index (χ3v) is 2.44. The first-order valence-electron chi connectivity index (χ1n) is 4.12. The lowest BCUT2D eigenvalue weighted by Gasteiger charge is -2.31. The lowest BCUT2D eigenvalue weighted by molar-refractivity contribution is -0.554. The Morgan fingerprint density at radius 1 is 0.727 bits per heavy atom. The van der Waals surface area contributed by atoms with Gasteiger partial charge in [0.15, 0.2) is 0 Å². The van der Waals surface area contributed by atoms with Crippen LogP contribution in [-0.4, -0.2) is 42.9 Å². The van der Waals surface area contributed by atoms with E-state index < -0.39 is 40.1 Å². The minimum atomic E-state index is -7.40. The zero-order valence-electron chi connectivity index (χ0n) is 9.15. The number of ether oxygens (including phenoxy) is 2. The number of rotatable bonds is 6. The highest BCUT2D eigenvalue weighted by atomic mass is 32.2. The molecule has 5 nitrogen and oxygen atoms in total. The minimum absolute atomic E-state index is 1.53. The molecular formula is C5HF11O5S. The minimum Gasteiger partial charge on any atom is -0.281 e. The van der Waals surface area contributed by atoms with Gasteiger partial charge >= 0.3 is 40.1 Å². The number of alkyl halides is 11. The molecule has 134 valence electrons. The third kappa shape index (κ3) is 4.29. The van der Waals surface area contributed by atoms with Crippen molar-refractivity contribution in [3.63, 3.8) is 0 Å². The van der Waals surface area contributed by atoms with Gasteiger partial charge in [-0.3, -0.25) is 4.55 Å². The molecule has 0 bridgehead atoms. The molecule has 1 N–H and O–H groups in total. The lowest BCUT2D eigenvalue weighted by Crippen LogP contribution is -2.60. The Balaban J connectivity index is 5.65. The second-order valence-electron chi connectivity index (χ2n) is 3.20. The van der Waals surface area contributed by atoms with Crippen molar-refractivity contribution in [1.29, 1.82) is 0 Å². The fraction of sp³-hybridized carbons (Fsp3) is 1.00. The topological polar surface area (TPSA) is 72.8 Å². The molecule has 0 fully saturated rings. The Bertz CT molecular complexity index is 507. The Kier molecular flexibility index (Phi) is 5.08. The summed E-state index contributed by atoms with van der Waals surface area (Å²) in [6.45, 7) is 0. The molecule has 0 aliphatic carbocycles. The Morgan fingerprint density at radius 3 is 1.36 bits per heavy atom. The van der Waals surface area contributed by atoms with E-state index in [-0.39, 0.29) is 0 Å². The van der Waals surface area contributed by atoms with Crippen molar-refractivity contribution in [2.75, 3.05) is 0 Å². The summed E-state index contributed by atoms with van der Waals surface area (Å²) in [7, 11) is -7.29. The summed E-state index contributed by atoms with van der Waals surface area (Å²) in [5, 5.41) is -7.09. The van der Waals surface area contributed by atoms with Gasteiger partial charge < -0.3 is 0 Å². The monoisotopic (exact) mass is 382 g/mol. The quantitative estimate of drug-likeness (QED) is 0.435. The molecule has 0 rings (SSSR count). The number of hydrogen-bond acceptors (Lipinski definition) is 4. The highest BCUT2D eigenvalue weighted by molar-refractivity contribution is 7.87. The highest BCUT2D eigenvalue weighted by Gasteiger charge is 2.80. The van der Waals surface area contributed by atoms with Gasteiger partial charge in [-0.2, -0.15) is 39.5 Å². The molecule has 0 aromatic carbocycles. The molecule has 0 radical (unpaired) electrons. The van der Waals surface area contributed by atoms with Crippen LogP contribution in [0.3, 0.4) is 0 Å². The van der Waals surface area contributed by atoms with Crippen LogP contribution >= 0.6 is 0 Å². The van der Waals surface area contributed by atoms with E-state index in [9.17, 15) is 56.7 Å². The molecule has 0 spiro atoms. The first-order chi connectivity index (χ1) is 9.16. The van der Waals surface area contributed by atoms with Crippen LogP contribution < -0.4 is 0 Å². The van der Waals surface area contributed by atoms with Crippen molar-refractivity contribution >= 4 is 10.1 Å². The van der Waals surface area contributed by atoms with Crippen molar-refractivity contribution in [1.82, 2.24) is 0 Å². The van der Waals surface area contributed by atoms with Gasteiger partial charge in [0, 0.05) is 0 Å². The summed E-state index contributed by atoms with van der Waals surface area (Å²) in [5.74, 6) is -7.40. The summed E-state index contributed by atoms with van der Waals surface area (Å²) >= 11 is 0. The van der Waals surface area contributed by atoms with Crippen LogP contribution in [0.5, 0.6) is 0 Å². The van der Waals surface area contributed by atoms with Gasteiger partial charge in [-0.25, -0.2) is 4.74 Å². The number of hydrogen-bond donors (Lipinski definition) is 1. The zero-order valence-corrected chi connectivity index (χ0v) is 9.96. The van der Waals surface area contributed by atoms with Crippen molar-refractivity contribution in [2.45, 2.75) is 29.9 Å². The first kappa shape index (κ1) is 21.1. The van der Waals surface area contributed by atoms with Crippen LogP contribution in [0.2, 0.25) is 0 Å². The van der Waals surface area contributed by atoms with Gasteiger partial charge in [0.1, 0.15) is 0 Å². The van der Waals surface area contributed by atoms with Crippen LogP contribution in [0.25, 0.3) is 0 Å². The maximum atomic E-state index is 12.6. The molecule has 22 heavy (non-hydrogen) atoms. The SMILES string of the molecule is O=S(=O)(O)C(F)(F)C(F)(F)C(F)(F)OC(F)(F)OC(F)(F)F. The average Bonchev–Trinajstić information content (AvgIpc) is 2.08. The van der Waals surface area contributed by atoms with Gasteiger partial charge in [-0.15, -0.1) is 22.0 Å². The summed E-state index contributed by atoms with van der Waals surface area (Å²) in [6.07, 6.45) is -20.2. The van der Waals surface area contributed by atoms with Crippen LogP contribution in [0.4, 0.5) is 48.3 Å². The molecule has 0 heterocycles. The van der Waals surface area contributed by atoms with E-state index in [0.717, 1.165) is 0 Å². The zero-order chi connectivity index (χ0) is 18.4. The molecule has 0 amide bonds. The second-order valence-corrected chi connectivity index (χ2v) is 4.66. The van der Waals surface area contributed by atoms with E-state index in [1.54, 1.807) is 0 Å². The average molecular weight is 382 g/mol. The maximum absolute atomic E-state index is 12.6. The summed E-state index contributed by atoms with van der Waals surface area (Å²) in [4.78, 5) is 0. The molecule has 0 aromatic rings. The largest absolute Gasteiger partial charge is 0.529 e. The normalized spacial score (nSPS) is 16.0. The Labute approximate surface area is 112 Å². The van der Waals surface area contributed by atoms with Gasteiger partial charge in [-0.1, -0.05) is 0 Å². The smallest absolute Gasteiger partial charge is 0.281 e. The molecule has 0 unspecified atom stereocenters. The van der Waals surface area contributed by atoms with Crippen molar-refractivity contribution in [3.05, 3.63) is 0 Å². The van der Waals surface area contributed by atoms with Crippen LogP contribution in [0, 0.1) is 0 Å². The highest BCUT2D eigenvalue weighted by Crippen LogP contribution is 2.50. The molecule has 0 aliphatic heterocycles. The molecule has 0 saturated carbocycles. The van der Waals surface area contributed by atoms with Crippen LogP contribution in [-0.2, 0) is 19.6 Å². The molecule has 0 aromatic heterocycles. The Morgan fingerprint density at radius 2 is 1.09 bits per heavy atom. The predicted molar refractivity (Wildman–Crippen MR) is 39.6 cm³/mol. The standard InChI is InChI=1S/C5HF11O5S/c6-1(7,3(10,11)22(17,18)19)2(8,9)20-5(15,16)21-4(12,13)14/h(H,17,18,19). The van der Waals surface area contributed by atoms with E-state index in [4.69, 9.17) is 4.55 Å². The molecule has 17 heteroatoms. The fourth-order valence-corrected chi connectivity index (χ4v) is 1.14. The predicted octanol–water partition coefficient (Wildman–Crippen LogP) is 2.80. The first-order valence-corrected chi connectivity index (χ1v) is 5.56. The summed E-state index contributed by atoms with van der Waals surface area (Å²) < 4.78 is 164. The third-order valence-electron chi connectivity index (χ3n) is 1.54. The van der Waals surface area contributed by atoms with E-state index in [1.165, 1.54) is 9.47 Å². The van der Waals surface area contributed by atoms with Crippen LogP contribution in [0.15, 0.2) is 0 Å². The summed E-state index contributed by atoms with van der Waals surface area (Å²) in [5.41, 5.74) is 0. The Hall–Kier alpha value is -0.940. The van der Waals surface area contributed by atoms with Crippen molar-refractivity contribution < 1.29 is 70.7 Å². The molecule has 0 aliphatic rings.